The van der Waals surface area contributed by atoms with E-state index in [0.717, 1.165) is 0 Å². The Kier molecular flexibility index (Phi) is 4.30. The fourth-order valence-electron chi connectivity index (χ4n) is 3.18. The number of hydrogen-bond acceptors (Lipinski definition) is 6. The van der Waals surface area contributed by atoms with E-state index in [1.165, 1.54) is 33.7 Å². The van der Waals surface area contributed by atoms with Gasteiger partial charge in [-0.05, 0) is 12.1 Å². The fourth-order valence-corrected chi connectivity index (χ4v) is 3.18. The molecule has 1 N–H and O–H groups in total. The van der Waals surface area contributed by atoms with Crippen LogP contribution < -0.4 is 20.5 Å². The first-order chi connectivity index (χ1) is 13.5. The number of para-hydroxylation sites is 2. The second kappa shape index (κ2) is 6.80. The van der Waals surface area contributed by atoms with Gasteiger partial charge < -0.3 is 15.0 Å². The molecule has 28 heavy (non-hydrogen) atoms. The zero-order valence-corrected chi connectivity index (χ0v) is 15.3. The van der Waals surface area contributed by atoms with Gasteiger partial charge in [-0.1, -0.05) is 12.1 Å². The summed E-state index contributed by atoms with van der Waals surface area (Å²) in [6, 6.07) is 6.97. The van der Waals surface area contributed by atoms with E-state index in [4.69, 9.17) is 4.74 Å². The lowest BCUT2D eigenvalue weighted by atomic mass is 10.1. The Morgan fingerprint density at radius 1 is 1.32 bits per heavy atom. The smallest absolute Gasteiger partial charge is 0.264 e. The summed E-state index contributed by atoms with van der Waals surface area (Å²) in [5.74, 6) is -0.247. The Morgan fingerprint density at radius 3 is 2.89 bits per heavy atom. The topological polar surface area (TPSA) is 111 Å². The molecule has 1 aliphatic rings. The Hall–Kier alpha value is -3.69. The van der Waals surface area contributed by atoms with Gasteiger partial charge >= 0.3 is 0 Å². The lowest BCUT2D eigenvalue weighted by molar-refractivity contribution is -0.128. The van der Waals surface area contributed by atoms with Crippen molar-refractivity contribution in [3.8, 4) is 5.75 Å². The number of nitrogens with zero attached hydrogens (tertiary/aromatic N) is 5. The quantitative estimate of drug-likeness (QED) is 0.664. The number of amides is 2. The molecule has 0 fully saturated rings. The number of carbonyl (C=O) groups excluding carboxylic acids is 2. The van der Waals surface area contributed by atoms with E-state index < -0.39 is 6.10 Å². The monoisotopic (exact) mass is 382 g/mol. The highest BCUT2D eigenvalue weighted by Gasteiger charge is 2.33. The molecule has 2 amide bonds. The molecular weight excluding hydrogens is 364 g/mol. The van der Waals surface area contributed by atoms with E-state index in [2.05, 4.69) is 15.4 Å². The Balaban J connectivity index is 1.66. The van der Waals surface area contributed by atoms with Crippen molar-refractivity contribution in [3.63, 3.8) is 0 Å². The molecule has 0 bridgehead atoms. The van der Waals surface area contributed by atoms with Crippen LogP contribution >= 0.6 is 0 Å². The molecule has 0 saturated carbocycles. The zero-order chi connectivity index (χ0) is 19.8. The highest BCUT2D eigenvalue weighted by atomic mass is 16.5. The summed E-state index contributed by atoms with van der Waals surface area (Å²) in [5.41, 5.74) is 0.650. The molecule has 10 nitrogen and oxygen atoms in total. The number of hydrogen-bond donors (Lipinski definition) is 1. The lowest BCUT2D eigenvalue weighted by Crippen LogP contribution is -2.51. The second-order valence-corrected chi connectivity index (χ2v) is 6.38. The normalized spacial score (nSPS) is 15.8. The molecule has 3 heterocycles. The van der Waals surface area contributed by atoms with Gasteiger partial charge in [0.1, 0.15) is 24.0 Å². The highest BCUT2D eigenvalue weighted by molar-refractivity contribution is 5.97. The molecule has 0 aliphatic carbocycles. The van der Waals surface area contributed by atoms with Crippen LogP contribution in [0.5, 0.6) is 5.75 Å². The Morgan fingerprint density at radius 2 is 2.11 bits per heavy atom. The first kappa shape index (κ1) is 17.7. The summed E-state index contributed by atoms with van der Waals surface area (Å²) < 4.78 is 8.43. The van der Waals surface area contributed by atoms with Gasteiger partial charge in [0.15, 0.2) is 11.8 Å². The molecular formula is C18H18N6O4. The first-order valence-corrected chi connectivity index (χ1v) is 8.64. The molecule has 1 aliphatic heterocycles. The van der Waals surface area contributed by atoms with Crippen molar-refractivity contribution >= 4 is 28.5 Å². The van der Waals surface area contributed by atoms with Crippen LogP contribution in [-0.2, 0) is 23.2 Å². The molecule has 10 heteroatoms. The van der Waals surface area contributed by atoms with Crippen molar-refractivity contribution in [2.75, 3.05) is 18.5 Å². The van der Waals surface area contributed by atoms with E-state index in [0.29, 0.717) is 22.5 Å². The molecule has 0 spiro atoms. The van der Waals surface area contributed by atoms with E-state index in [1.54, 1.807) is 31.3 Å². The van der Waals surface area contributed by atoms with Crippen LogP contribution in [0.3, 0.4) is 0 Å². The third-order valence-electron chi connectivity index (χ3n) is 4.64. The van der Waals surface area contributed by atoms with Crippen molar-refractivity contribution in [2.45, 2.75) is 12.6 Å². The van der Waals surface area contributed by atoms with Gasteiger partial charge in [-0.3, -0.25) is 23.6 Å². The van der Waals surface area contributed by atoms with Crippen LogP contribution in [0, 0.1) is 0 Å². The van der Waals surface area contributed by atoms with E-state index >= 15 is 0 Å². The average Bonchev–Trinajstić information content (AvgIpc) is 3.10. The van der Waals surface area contributed by atoms with Crippen molar-refractivity contribution in [3.05, 3.63) is 47.1 Å². The van der Waals surface area contributed by atoms with Crippen LogP contribution in [0.4, 0.5) is 5.69 Å². The average molecular weight is 382 g/mol. The van der Waals surface area contributed by atoms with Crippen molar-refractivity contribution in [1.82, 2.24) is 24.6 Å². The number of fused-ring (bicyclic) bond motifs is 2. The maximum atomic E-state index is 13.0. The first-order valence-electron chi connectivity index (χ1n) is 8.64. The molecule has 3 aromatic rings. The van der Waals surface area contributed by atoms with E-state index in [9.17, 15) is 14.4 Å². The molecule has 1 atom stereocenters. The van der Waals surface area contributed by atoms with Gasteiger partial charge in [0, 0.05) is 14.1 Å². The summed E-state index contributed by atoms with van der Waals surface area (Å²) in [5, 5.41) is 6.89. The minimum absolute atomic E-state index is 0.0484. The molecule has 0 unspecified atom stereocenters. The summed E-state index contributed by atoms with van der Waals surface area (Å²) in [6.45, 7) is -0.168. The van der Waals surface area contributed by atoms with Crippen LogP contribution in [-0.4, -0.2) is 50.8 Å². The van der Waals surface area contributed by atoms with Gasteiger partial charge in [0.2, 0.25) is 5.91 Å². The summed E-state index contributed by atoms with van der Waals surface area (Å²) in [6.07, 6.45) is 1.92. The van der Waals surface area contributed by atoms with E-state index in [-0.39, 0.29) is 30.5 Å². The number of likely N-dealkylation sites (N-methyl/N-ethyl adjacent to an activating group) is 1. The number of anilines is 1. The van der Waals surface area contributed by atoms with Crippen LogP contribution in [0.25, 0.3) is 11.0 Å². The summed E-state index contributed by atoms with van der Waals surface area (Å²) in [7, 11) is 3.19. The Bertz CT molecular complexity index is 1130. The minimum atomic E-state index is -0.834. The fraction of sp³-hybridized carbons (Fsp3) is 0.278. The number of nitrogens with one attached hydrogen (secondary N) is 1. The molecule has 144 valence electrons. The molecule has 0 radical (unpaired) electrons. The van der Waals surface area contributed by atoms with Gasteiger partial charge in [-0.15, -0.1) is 0 Å². The third kappa shape index (κ3) is 2.88. The molecule has 2 aromatic heterocycles. The van der Waals surface area contributed by atoms with Gasteiger partial charge in [0.25, 0.3) is 11.5 Å². The van der Waals surface area contributed by atoms with Gasteiger partial charge in [0.05, 0.1) is 18.4 Å². The SMILES string of the molecule is CNC(=O)[C@@H]1CN(C(=O)Cn2cnc3c(cnn3C)c2=O)c2ccccc2O1. The number of aryl methyl sites for hydroxylation is 1. The summed E-state index contributed by atoms with van der Waals surface area (Å²) >= 11 is 0. The predicted octanol–water partition coefficient (Wildman–Crippen LogP) is -0.330. The zero-order valence-electron chi connectivity index (χ0n) is 15.3. The Labute approximate surface area is 159 Å². The van der Waals surface area contributed by atoms with Gasteiger partial charge in [-0.25, -0.2) is 4.98 Å². The van der Waals surface area contributed by atoms with Crippen LogP contribution in [0.1, 0.15) is 0 Å². The summed E-state index contributed by atoms with van der Waals surface area (Å²) in [4.78, 5) is 43.4. The second-order valence-electron chi connectivity index (χ2n) is 6.38. The maximum Gasteiger partial charge on any atom is 0.264 e. The number of rotatable bonds is 3. The maximum absolute atomic E-state index is 13.0. The van der Waals surface area contributed by atoms with Crippen LogP contribution in [0.2, 0.25) is 0 Å². The molecule has 4 rings (SSSR count). The minimum Gasteiger partial charge on any atom is -0.477 e. The largest absolute Gasteiger partial charge is 0.477 e. The highest BCUT2D eigenvalue weighted by Crippen LogP contribution is 2.33. The standard InChI is InChI=1S/C18H18N6O4/c1-19-17(26)14-8-24(12-5-3-4-6-13(12)28-14)15(25)9-23-10-20-16-11(18(23)27)7-21-22(16)2/h3-7,10,14H,8-9H2,1-2H3,(H,19,26)/t14-/m0/s1. The number of carbonyl (C=O) groups is 2. The number of benzene rings is 1. The van der Waals surface area contributed by atoms with E-state index in [1.807, 2.05) is 0 Å². The predicted molar refractivity (Wildman–Crippen MR) is 100 cm³/mol. The molecule has 0 saturated heterocycles. The number of ether oxygens (including phenoxy) is 1. The lowest BCUT2D eigenvalue weighted by Gasteiger charge is -2.34. The van der Waals surface area contributed by atoms with Gasteiger partial charge in [-0.2, -0.15) is 5.10 Å². The number of aromatic nitrogens is 4. The van der Waals surface area contributed by atoms with Crippen molar-refractivity contribution in [1.29, 1.82) is 0 Å². The third-order valence-corrected chi connectivity index (χ3v) is 4.64. The van der Waals surface area contributed by atoms with Crippen LogP contribution in [0.15, 0.2) is 41.6 Å². The van der Waals surface area contributed by atoms with Crippen molar-refractivity contribution in [2.24, 2.45) is 7.05 Å². The molecule has 1 aromatic carbocycles. The van der Waals surface area contributed by atoms with Crippen molar-refractivity contribution < 1.29 is 14.3 Å².